The van der Waals surface area contributed by atoms with Crippen molar-refractivity contribution in [2.45, 2.75) is 0 Å². The highest BCUT2D eigenvalue weighted by molar-refractivity contribution is 6.30. The van der Waals surface area contributed by atoms with Crippen molar-refractivity contribution in [1.29, 1.82) is 0 Å². The SMILES string of the molecule is COC(=O)c1ccccc1NC(=O)c1cnc(-c2ccc(Cl)cc2)nc1. The van der Waals surface area contributed by atoms with Crippen LogP contribution in [0.3, 0.4) is 0 Å². The molecule has 0 radical (unpaired) electrons. The zero-order valence-electron chi connectivity index (χ0n) is 13.8. The zero-order chi connectivity index (χ0) is 18.5. The normalized spacial score (nSPS) is 10.2. The molecule has 1 heterocycles. The fraction of sp³-hybridized carbons (Fsp3) is 0.0526. The molecule has 6 nitrogen and oxygen atoms in total. The van der Waals surface area contributed by atoms with Crippen LogP contribution in [0, 0.1) is 0 Å². The second-order valence-corrected chi connectivity index (χ2v) is 5.73. The van der Waals surface area contributed by atoms with Crippen molar-refractivity contribution < 1.29 is 14.3 Å². The summed E-state index contributed by atoms with van der Waals surface area (Å²) in [6, 6.07) is 13.7. The maximum Gasteiger partial charge on any atom is 0.339 e. The van der Waals surface area contributed by atoms with Crippen LogP contribution in [-0.4, -0.2) is 29.0 Å². The number of carbonyl (C=O) groups excluding carboxylic acids is 2. The van der Waals surface area contributed by atoms with Crippen molar-refractivity contribution in [3.05, 3.63) is 77.1 Å². The molecule has 1 N–H and O–H groups in total. The van der Waals surface area contributed by atoms with Gasteiger partial charge in [-0.1, -0.05) is 23.7 Å². The molecule has 0 aliphatic heterocycles. The average molecular weight is 368 g/mol. The number of esters is 1. The largest absolute Gasteiger partial charge is 0.465 e. The Bertz CT molecular complexity index is 941. The van der Waals surface area contributed by atoms with Gasteiger partial charge in [-0.3, -0.25) is 4.79 Å². The van der Waals surface area contributed by atoms with E-state index in [9.17, 15) is 9.59 Å². The van der Waals surface area contributed by atoms with Gasteiger partial charge in [0.05, 0.1) is 23.9 Å². The van der Waals surface area contributed by atoms with Crippen LogP contribution < -0.4 is 5.32 Å². The van der Waals surface area contributed by atoms with E-state index in [4.69, 9.17) is 16.3 Å². The molecule has 1 aromatic heterocycles. The molecular formula is C19H14ClN3O3. The summed E-state index contributed by atoms with van der Waals surface area (Å²) < 4.78 is 4.71. The van der Waals surface area contributed by atoms with E-state index in [1.54, 1.807) is 48.5 Å². The molecule has 3 aromatic rings. The average Bonchev–Trinajstić information content (AvgIpc) is 2.68. The molecular weight excluding hydrogens is 354 g/mol. The summed E-state index contributed by atoms with van der Waals surface area (Å²) in [4.78, 5) is 32.6. The van der Waals surface area contributed by atoms with Crippen LogP contribution in [0.2, 0.25) is 5.02 Å². The quantitative estimate of drug-likeness (QED) is 0.708. The topological polar surface area (TPSA) is 81.2 Å². The molecule has 3 rings (SSSR count). The highest BCUT2D eigenvalue weighted by Crippen LogP contribution is 2.19. The number of amides is 1. The summed E-state index contributed by atoms with van der Waals surface area (Å²) in [5.41, 5.74) is 1.67. The minimum Gasteiger partial charge on any atom is -0.465 e. The highest BCUT2D eigenvalue weighted by atomic mass is 35.5. The molecule has 0 bridgehead atoms. The van der Waals surface area contributed by atoms with E-state index in [2.05, 4.69) is 15.3 Å². The molecule has 7 heteroatoms. The number of para-hydroxylation sites is 1. The second kappa shape index (κ2) is 7.76. The van der Waals surface area contributed by atoms with Crippen molar-refractivity contribution in [1.82, 2.24) is 9.97 Å². The van der Waals surface area contributed by atoms with Crippen molar-refractivity contribution in [3.8, 4) is 11.4 Å². The zero-order valence-corrected chi connectivity index (χ0v) is 14.5. The predicted octanol–water partition coefficient (Wildman–Crippen LogP) is 3.84. The monoisotopic (exact) mass is 367 g/mol. The number of rotatable bonds is 4. The van der Waals surface area contributed by atoms with E-state index in [1.807, 2.05) is 0 Å². The number of carbonyl (C=O) groups is 2. The number of nitrogens with zero attached hydrogens (tertiary/aromatic N) is 2. The lowest BCUT2D eigenvalue weighted by Crippen LogP contribution is -2.16. The summed E-state index contributed by atoms with van der Waals surface area (Å²) >= 11 is 5.86. The highest BCUT2D eigenvalue weighted by Gasteiger charge is 2.15. The Balaban J connectivity index is 1.79. The fourth-order valence-electron chi connectivity index (χ4n) is 2.27. The Morgan fingerprint density at radius 2 is 1.65 bits per heavy atom. The van der Waals surface area contributed by atoms with Crippen molar-refractivity contribution in [2.75, 3.05) is 12.4 Å². The minimum atomic E-state index is -0.532. The second-order valence-electron chi connectivity index (χ2n) is 5.29. The third kappa shape index (κ3) is 3.87. The Hall–Kier alpha value is -3.25. The lowest BCUT2D eigenvalue weighted by atomic mass is 10.1. The number of methoxy groups -OCH3 is 1. The molecule has 0 saturated carbocycles. The number of halogens is 1. The van der Waals surface area contributed by atoms with Crippen molar-refractivity contribution >= 4 is 29.2 Å². The minimum absolute atomic E-state index is 0.266. The van der Waals surface area contributed by atoms with E-state index in [0.29, 0.717) is 16.5 Å². The van der Waals surface area contributed by atoms with Gasteiger partial charge in [0, 0.05) is 23.0 Å². The first-order valence-electron chi connectivity index (χ1n) is 7.65. The Morgan fingerprint density at radius 1 is 1.00 bits per heavy atom. The summed E-state index contributed by atoms with van der Waals surface area (Å²) in [7, 11) is 1.28. The molecule has 1 amide bonds. The molecule has 0 unspecified atom stereocenters. The van der Waals surface area contributed by atoms with E-state index >= 15 is 0 Å². The van der Waals surface area contributed by atoms with Crippen LogP contribution in [0.5, 0.6) is 0 Å². The molecule has 0 spiro atoms. The third-order valence-electron chi connectivity index (χ3n) is 3.60. The van der Waals surface area contributed by atoms with Gasteiger partial charge < -0.3 is 10.1 Å². The van der Waals surface area contributed by atoms with E-state index in [-0.39, 0.29) is 11.1 Å². The summed E-state index contributed by atoms with van der Waals surface area (Å²) in [5, 5.41) is 3.29. The first kappa shape index (κ1) is 17.6. The number of benzene rings is 2. The number of hydrogen-bond donors (Lipinski definition) is 1. The van der Waals surface area contributed by atoms with Gasteiger partial charge in [-0.05, 0) is 36.4 Å². The molecule has 0 aliphatic carbocycles. The molecule has 0 fully saturated rings. The first-order chi connectivity index (χ1) is 12.6. The van der Waals surface area contributed by atoms with Crippen molar-refractivity contribution in [3.63, 3.8) is 0 Å². The van der Waals surface area contributed by atoms with E-state index in [0.717, 1.165) is 5.56 Å². The first-order valence-corrected chi connectivity index (χ1v) is 8.03. The third-order valence-corrected chi connectivity index (χ3v) is 3.85. The van der Waals surface area contributed by atoms with Gasteiger partial charge in [0.25, 0.3) is 5.91 Å². The van der Waals surface area contributed by atoms with E-state index < -0.39 is 11.9 Å². The van der Waals surface area contributed by atoms with Crippen LogP contribution in [-0.2, 0) is 4.74 Å². The van der Waals surface area contributed by atoms with Gasteiger partial charge in [0.1, 0.15) is 0 Å². The summed E-state index contributed by atoms with van der Waals surface area (Å²) in [6.45, 7) is 0. The Morgan fingerprint density at radius 3 is 2.31 bits per heavy atom. The molecule has 2 aromatic carbocycles. The van der Waals surface area contributed by atoms with Gasteiger partial charge in [0.2, 0.25) is 0 Å². The number of anilines is 1. The standard InChI is InChI=1S/C19H14ClN3O3/c1-26-19(25)15-4-2-3-5-16(15)23-18(24)13-10-21-17(22-11-13)12-6-8-14(20)9-7-12/h2-11H,1H3,(H,23,24). The summed E-state index contributed by atoms with van der Waals surface area (Å²) in [5.74, 6) is -0.479. The van der Waals surface area contributed by atoms with Gasteiger partial charge in [-0.25, -0.2) is 14.8 Å². The Labute approximate surface area is 154 Å². The van der Waals surface area contributed by atoms with Crippen LogP contribution >= 0.6 is 11.6 Å². The lowest BCUT2D eigenvalue weighted by molar-refractivity contribution is 0.0602. The van der Waals surface area contributed by atoms with Gasteiger partial charge in [-0.15, -0.1) is 0 Å². The van der Waals surface area contributed by atoms with Gasteiger partial charge in [0.15, 0.2) is 5.82 Å². The molecule has 130 valence electrons. The number of aromatic nitrogens is 2. The predicted molar refractivity (Wildman–Crippen MR) is 98.2 cm³/mol. The van der Waals surface area contributed by atoms with Crippen LogP contribution in [0.4, 0.5) is 5.69 Å². The number of ether oxygens (including phenoxy) is 1. The van der Waals surface area contributed by atoms with Crippen molar-refractivity contribution in [2.24, 2.45) is 0 Å². The smallest absolute Gasteiger partial charge is 0.339 e. The fourth-order valence-corrected chi connectivity index (χ4v) is 2.39. The van der Waals surface area contributed by atoms with Crippen LogP contribution in [0.25, 0.3) is 11.4 Å². The van der Waals surface area contributed by atoms with Crippen LogP contribution in [0.15, 0.2) is 60.9 Å². The number of nitrogens with one attached hydrogen (secondary N) is 1. The maximum atomic E-state index is 12.4. The van der Waals surface area contributed by atoms with Gasteiger partial charge in [-0.2, -0.15) is 0 Å². The Kier molecular flexibility index (Phi) is 5.24. The van der Waals surface area contributed by atoms with Gasteiger partial charge >= 0.3 is 5.97 Å². The van der Waals surface area contributed by atoms with E-state index in [1.165, 1.54) is 19.5 Å². The van der Waals surface area contributed by atoms with Crippen LogP contribution in [0.1, 0.15) is 20.7 Å². The lowest BCUT2D eigenvalue weighted by Gasteiger charge is -2.09. The summed E-state index contributed by atoms with van der Waals surface area (Å²) in [6.07, 6.45) is 2.85. The molecule has 26 heavy (non-hydrogen) atoms. The number of hydrogen-bond acceptors (Lipinski definition) is 5. The molecule has 0 aliphatic rings. The maximum absolute atomic E-state index is 12.4. The molecule has 0 saturated heterocycles. The molecule has 0 atom stereocenters.